The number of nitriles is 1. The molecule has 0 radical (unpaired) electrons. The van der Waals surface area contributed by atoms with Crippen molar-refractivity contribution in [1.82, 2.24) is 4.90 Å². The number of morpholine rings is 1. The van der Waals surface area contributed by atoms with Crippen LogP contribution in [0, 0.1) is 14.9 Å². The lowest BCUT2D eigenvalue weighted by Crippen LogP contribution is -2.41. The molecule has 7 heteroatoms. The van der Waals surface area contributed by atoms with Crippen molar-refractivity contribution >= 4 is 34.6 Å². The lowest BCUT2D eigenvalue weighted by Gasteiger charge is -2.26. The molecular weight excluding hydrogens is 483 g/mol. The first kappa shape index (κ1) is 21.1. The van der Waals surface area contributed by atoms with E-state index in [1.54, 1.807) is 36.3 Å². The van der Waals surface area contributed by atoms with Crippen LogP contribution in [0.15, 0.2) is 48.0 Å². The third-order valence-corrected chi connectivity index (χ3v) is 5.17. The zero-order chi connectivity index (χ0) is 20.6. The Labute approximate surface area is 183 Å². The Morgan fingerprint density at radius 2 is 1.93 bits per heavy atom. The summed E-state index contributed by atoms with van der Waals surface area (Å²) in [4.78, 5) is 14.2. The average molecular weight is 504 g/mol. The van der Waals surface area contributed by atoms with Gasteiger partial charge in [-0.25, -0.2) is 0 Å². The standard InChI is InChI=1S/C22H21IN2O4/c1-27-21-13-17(12-18(14-24)22(26)25-8-10-28-11-9-25)4-7-20(21)29-15-16-2-5-19(23)6-3-16/h2-7,12-13H,8-11,15H2,1H3/b18-12-. The van der Waals surface area contributed by atoms with Crippen LogP contribution in [0.3, 0.4) is 0 Å². The summed E-state index contributed by atoms with van der Waals surface area (Å²) in [5.74, 6) is 0.857. The van der Waals surface area contributed by atoms with Gasteiger partial charge in [0.1, 0.15) is 18.2 Å². The molecule has 0 N–H and O–H groups in total. The Balaban J connectivity index is 1.74. The second-order valence-corrected chi connectivity index (χ2v) is 7.65. The largest absolute Gasteiger partial charge is 0.493 e. The van der Waals surface area contributed by atoms with Crippen LogP contribution >= 0.6 is 22.6 Å². The normalized spacial score (nSPS) is 14.2. The van der Waals surface area contributed by atoms with Crippen molar-refractivity contribution in [3.63, 3.8) is 0 Å². The van der Waals surface area contributed by atoms with E-state index in [-0.39, 0.29) is 11.5 Å². The molecule has 1 aliphatic heterocycles. The number of amides is 1. The fourth-order valence-electron chi connectivity index (χ4n) is 2.88. The summed E-state index contributed by atoms with van der Waals surface area (Å²) in [6.07, 6.45) is 1.57. The van der Waals surface area contributed by atoms with Gasteiger partial charge in [-0.3, -0.25) is 4.79 Å². The van der Waals surface area contributed by atoms with E-state index >= 15 is 0 Å². The molecule has 0 spiro atoms. The fourth-order valence-corrected chi connectivity index (χ4v) is 3.24. The van der Waals surface area contributed by atoms with Gasteiger partial charge in [0, 0.05) is 16.7 Å². The lowest BCUT2D eigenvalue weighted by atomic mass is 10.1. The van der Waals surface area contributed by atoms with Gasteiger partial charge < -0.3 is 19.1 Å². The smallest absolute Gasteiger partial charge is 0.264 e. The summed E-state index contributed by atoms with van der Waals surface area (Å²) in [5, 5.41) is 9.45. The highest BCUT2D eigenvalue weighted by Crippen LogP contribution is 2.30. The number of ether oxygens (including phenoxy) is 3. The third kappa shape index (κ3) is 5.71. The lowest BCUT2D eigenvalue weighted by molar-refractivity contribution is -0.130. The highest BCUT2D eigenvalue weighted by Gasteiger charge is 2.20. The van der Waals surface area contributed by atoms with Crippen LogP contribution in [0.5, 0.6) is 11.5 Å². The van der Waals surface area contributed by atoms with Crippen LogP contribution in [0.2, 0.25) is 0 Å². The zero-order valence-corrected chi connectivity index (χ0v) is 18.2. The number of hydrogen-bond acceptors (Lipinski definition) is 5. The average Bonchev–Trinajstić information content (AvgIpc) is 2.77. The number of carbonyl (C=O) groups excluding carboxylic acids is 1. The molecule has 1 heterocycles. The molecule has 0 aliphatic carbocycles. The zero-order valence-electron chi connectivity index (χ0n) is 16.1. The first-order valence-corrected chi connectivity index (χ1v) is 10.2. The molecule has 2 aromatic rings. The molecule has 2 aromatic carbocycles. The number of nitrogens with zero attached hydrogens (tertiary/aromatic N) is 2. The molecule has 0 atom stereocenters. The van der Waals surface area contributed by atoms with Gasteiger partial charge >= 0.3 is 0 Å². The maximum atomic E-state index is 12.6. The summed E-state index contributed by atoms with van der Waals surface area (Å²) < 4.78 is 17.7. The van der Waals surface area contributed by atoms with Crippen LogP contribution in [0.4, 0.5) is 0 Å². The van der Waals surface area contributed by atoms with Crippen molar-refractivity contribution in [2.24, 2.45) is 0 Å². The molecule has 1 fully saturated rings. The first-order chi connectivity index (χ1) is 14.1. The van der Waals surface area contributed by atoms with Crippen LogP contribution in [0.1, 0.15) is 11.1 Å². The molecule has 0 bridgehead atoms. The van der Waals surface area contributed by atoms with Crippen LogP contribution in [-0.4, -0.2) is 44.2 Å². The maximum absolute atomic E-state index is 12.6. The Hall–Kier alpha value is -2.57. The molecule has 6 nitrogen and oxygen atoms in total. The van der Waals surface area contributed by atoms with E-state index in [1.807, 2.05) is 30.3 Å². The molecule has 0 saturated carbocycles. The van der Waals surface area contributed by atoms with Crippen LogP contribution in [0.25, 0.3) is 6.08 Å². The van der Waals surface area contributed by atoms with E-state index in [0.29, 0.717) is 50.0 Å². The molecule has 29 heavy (non-hydrogen) atoms. The summed E-state index contributed by atoms with van der Waals surface area (Å²) >= 11 is 2.26. The highest BCUT2D eigenvalue weighted by molar-refractivity contribution is 14.1. The number of rotatable bonds is 6. The first-order valence-electron chi connectivity index (χ1n) is 9.15. The van der Waals surface area contributed by atoms with Gasteiger partial charge in [-0.1, -0.05) is 18.2 Å². The Morgan fingerprint density at radius 3 is 2.59 bits per heavy atom. The van der Waals surface area contributed by atoms with Crippen molar-refractivity contribution in [3.8, 4) is 17.6 Å². The topological polar surface area (TPSA) is 71.8 Å². The summed E-state index contributed by atoms with van der Waals surface area (Å²) in [6, 6.07) is 15.4. The molecule has 3 rings (SSSR count). The number of benzene rings is 2. The van der Waals surface area contributed by atoms with Gasteiger partial charge in [0.05, 0.1) is 20.3 Å². The van der Waals surface area contributed by atoms with Gasteiger partial charge in [0.2, 0.25) is 0 Å². The molecular formula is C22H21IN2O4. The van der Waals surface area contributed by atoms with E-state index in [0.717, 1.165) is 5.56 Å². The summed E-state index contributed by atoms with van der Waals surface area (Å²) in [5.41, 5.74) is 1.84. The number of hydrogen-bond donors (Lipinski definition) is 0. The minimum atomic E-state index is -0.284. The number of halogens is 1. The summed E-state index contributed by atoms with van der Waals surface area (Å²) in [6.45, 7) is 2.39. The minimum absolute atomic E-state index is 0.0847. The molecule has 1 amide bonds. The SMILES string of the molecule is COc1cc(/C=C(/C#N)C(=O)N2CCOCC2)ccc1OCc1ccc(I)cc1. The fraction of sp³-hybridized carbons (Fsp3) is 0.273. The quantitative estimate of drug-likeness (QED) is 0.342. The van der Waals surface area contributed by atoms with E-state index in [2.05, 4.69) is 22.6 Å². The van der Waals surface area contributed by atoms with Crippen molar-refractivity contribution in [3.05, 3.63) is 62.7 Å². The number of methoxy groups -OCH3 is 1. The van der Waals surface area contributed by atoms with E-state index in [1.165, 1.54) is 3.57 Å². The van der Waals surface area contributed by atoms with Gasteiger partial charge in [0.25, 0.3) is 5.91 Å². The Bertz CT molecular complexity index is 929. The third-order valence-electron chi connectivity index (χ3n) is 4.46. The molecule has 0 aromatic heterocycles. The Morgan fingerprint density at radius 1 is 1.21 bits per heavy atom. The highest BCUT2D eigenvalue weighted by atomic mass is 127. The minimum Gasteiger partial charge on any atom is -0.493 e. The second-order valence-electron chi connectivity index (χ2n) is 6.40. The van der Waals surface area contributed by atoms with Crippen LogP contribution < -0.4 is 9.47 Å². The van der Waals surface area contributed by atoms with Crippen molar-refractivity contribution in [2.45, 2.75) is 6.61 Å². The van der Waals surface area contributed by atoms with Gasteiger partial charge in [0.15, 0.2) is 11.5 Å². The van der Waals surface area contributed by atoms with E-state index in [9.17, 15) is 10.1 Å². The second kappa shape index (κ2) is 10.3. The molecule has 0 unspecified atom stereocenters. The summed E-state index contributed by atoms with van der Waals surface area (Å²) in [7, 11) is 1.56. The Kier molecular flexibility index (Phi) is 7.49. The maximum Gasteiger partial charge on any atom is 0.264 e. The van der Waals surface area contributed by atoms with Gasteiger partial charge in [-0.15, -0.1) is 0 Å². The monoisotopic (exact) mass is 504 g/mol. The van der Waals surface area contributed by atoms with E-state index in [4.69, 9.17) is 14.2 Å². The molecule has 1 saturated heterocycles. The van der Waals surface area contributed by atoms with Gasteiger partial charge in [-0.2, -0.15) is 5.26 Å². The number of carbonyl (C=O) groups is 1. The van der Waals surface area contributed by atoms with Gasteiger partial charge in [-0.05, 0) is 64.1 Å². The molecule has 150 valence electrons. The van der Waals surface area contributed by atoms with Crippen LogP contribution in [-0.2, 0) is 16.1 Å². The predicted molar refractivity (Wildman–Crippen MR) is 117 cm³/mol. The predicted octanol–water partition coefficient (Wildman–Crippen LogP) is 3.64. The van der Waals surface area contributed by atoms with E-state index < -0.39 is 0 Å². The van der Waals surface area contributed by atoms with Crippen molar-refractivity contribution in [2.75, 3.05) is 33.4 Å². The van der Waals surface area contributed by atoms with Crippen molar-refractivity contribution in [1.29, 1.82) is 5.26 Å². The van der Waals surface area contributed by atoms with Crippen molar-refractivity contribution < 1.29 is 19.0 Å². The molecule has 1 aliphatic rings.